The van der Waals surface area contributed by atoms with E-state index in [2.05, 4.69) is 28.3 Å². The molecule has 0 spiro atoms. The monoisotopic (exact) mass is 179 g/mol. The Balaban J connectivity index is 2.78. The third-order valence-corrected chi connectivity index (χ3v) is 2.72. The summed E-state index contributed by atoms with van der Waals surface area (Å²) in [6, 6.07) is 2.07. The molecule has 4 heteroatoms. The van der Waals surface area contributed by atoms with Gasteiger partial charge in [-0.1, -0.05) is 0 Å². The van der Waals surface area contributed by atoms with Crippen LogP contribution < -0.4 is 5.32 Å². The zero-order chi connectivity index (χ0) is 8.55. The molecule has 0 saturated heterocycles. The summed E-state index contributed by atoms with van der Waals surface area (Å²) in [4.78, 5) is 9.56. The fraction of sp³-hybridized carbons (Fsp3) is 0.250. The van der Waals surface area contributed by atoms with Crippen molar-refractivity contribution >= 4 is 27.4 Å². The van der Waals surface area contributed by atoms with Gasteiger partial charge < -0.3 is 5.32 Å². The van der Waals surface area contributed by atoms with Gasteiger partial charge in [0.1, 0.15) is 12.1 Å². The summed E-state index contributed by atoms with van der Waals surface area (Å²) in [6.07, 6.45) is 1.58. The zero-order valence-corrected chi connectivity index (χ0v) is 7.77. The summed E-state index contributed by atoms with van der Waals surface area (Å²) in [6.45, 7) is 2.08. The first-order valence-corrected chi connectivity index (χ1v) is 4.52. The molecule has 2 rings (SSSR count). The van der Waals surface area contributed by atoms with Crippen LogP contribution in [-0.4, -0.2) is 17.0 Å². The van der Waals surface area contributed by atoms with E-state index in [9.17, 15) is 0 Å². The Hall–Kier alpha value is -1.16. The predicted octanol–water partition coefficient (Wildman–Crippen LogP) is 2.04. The number of aryl methyl sites for hydroxylation is 1. The lowest BCUT2D eigenvalue weighted by Crippen LogP contribution is -1.91. The maximum Gasteiger partial charge on any atom is 0.147 e. The van der Waals surface area contributed by atoms with E-state index in [4.69, 9.17) is 0 Å². The van der Waals surface area contributed by atoms with Gasteiger partial charge in [-0.15, -0.1) is 11.3 Å². The zero-order valence-electron chi connectivity index (χ0n) is 6.96. The van der Waals surface area contributed by atoms with Gasteiger partial charge in [0.05, 0.1) is 10.2 Å². The van der Waals surface area contributed by atoms with Crippen LogP contribution in [0, 0.1) is 6.92 Å². The molecule has 2 heterocycles. The highest BCUT2D eigenvalue weighted by Crippen LogP contribution is 2.27. The van der Waals surface area contributed by atoms with Crippen molar-refractivity contribution in [1.82, 2.24) is 9.97 Å². The molecule has 0 aromatic carbocycles. The van der Waals surface area contributed by atoms with Crippen LogP contribution in [0.5, 0.6) is 0 Å². The highest BCUT2D eigenvalue weighted by Gasteiger charge is 2.04. The second-order valence-corrected chi connectivity index (χ2v) is 3.80. The van der Waals surface area contributed by atoms with E-state index in [0.29, 0.717) is 0 Å². The summed E-state index contributed by atoms with van der Waals surface area (Å²) in [5.74, 6) is 0.915. The summed E-state index contributed by atoms with van der Waals surface area (Å²) in [5, 5.41) is 3.04. The maximum absolute atomic E-state index is 4.17. The van der Waals surface area contributed by atoms with Crippen LogP contribution >= 0.6 is 11.3 Å². The van der Waals surface area contributed by atoms with Gasteiger partial charge in [-0.25, -0.2) is 9.97 Å². The van der Waals surface area contributed by atoms with E-state index in [1.54, 1.807) is 17.7 Å². The summed E-state index contributed by atoms with van der Waals surface area (Å²) < 4.78 is 1.14. The lowest BCUT2D eigenvalue weighted by molar-refractivity contribution is 1.22. The molecule has 0 atom stereocenters. The fourth-order valence-electron chi connectivity index (χ4n) is 1.15. The number of aromatic nitrogens is 2. The summed E-state index contributed by atoms with van der Waals surface area (Å²) in [7, 11) is 1.87. The number of nitrogens with one attached hydrogen (secondary N) is 1. The lowest BCUT2D eigenvalue weighted by Gasteiger charge is -1.97. The molecule has 0 fully saturated rings. The smallest absolute Gasteiger partial charge is 0.147 e. The minimum absolute atomic E-state index is 0.915. The van der Waals surface area contributed by atoms with E-state index in [1.165, 1.54) is 4.88 Å². The Morgan fingerprint density at radius 3 is 3.00 bits per heavy atom. The first kappa shape index (κ1) is 7.49. The van der Waals surface area contributed by atoms with Gasteiger partial charge in [0.25, 0.3) is 0 Å². The van der Waals surface area contributed by atoms with Crippen LogP contribution in [0.3, 0.4) is 0 Å². The molecular formula is C8H9N3S. The number of hydrogen-bond acceptors (Lipinski definition) is 4. The van der Waals surface area contributed by atoms with Crippen molar-refractivity contribution in [2.75, 3.05) is 12.4 Å². The van der Waals surface area contributed by atoms with Crippen LogP contribution in [0.15, 0.2) is 12.4 Å². The van der Waals surface area contributed by atoms with Crippen molar-refractivity contribution in [2.45, 2.75) is 6.92 Å². The van der Waals surface area contributed by atoms with E-state index >= 15 is 0 Å². The van der Waals surface area contributed by atoms with Gasteiger partial charge in [-0.3, -0.25) is 0 Å². The minimum atomic E-state index is 0.915. The Bertz CT molecular complexity index is 408. The number of thiophene rings is 1. The summed E-state index contributed by atoms with van der Waals surface area (Å²) >= 11 is 1.72. The van der Waals surface area contributed by atoms with Crippen molar-refractivity contribution in [3.63, 3.8) is 0 Å². The average molecular weight is 179 g/mol. The summed E-state index contributed by atoms with van der Waals surface area (Å²) in [5.41, 5.74) is 1.02. The van der Waals surface area contributed by atoms with Gasteiger partial charge in [0, 0.05) is 11.9 Å². The molecule has 12 heavy (non-hydrogen) atoms. The van der Waals surface area contributed by atoms with Crippen LogP contribution in [-0.2, 0) is 0 Å². The van der Waals surface area contributed by atoms with Crippen LogP contribution in [0.25, 0.3) is 10.2 Å². The van der Waals surface area contributed by atoms with Gasteiger partial charge >= 0.3 is 0 Å². The molecule has 0 aliphatic carbocycles. The van der Waals surface area contributed by atoms with Crippen molar-refractivity contribution in [3.8, 4) is 0 Å². The molecule has 0 aliphatic rings. The number of hydrogen-bond donors (Lipinski definition) is 1. The van der Waals surface area contributed by atoms with E-state index < -0.39 is 0 Å². The first-order chi connectivity index (χ1) is 5.81. The standard InChI is InChI=1S/C8H9N3S/c1-5-3-6-7(12-5)8(9-2)11-4-10-6/h3-4H,1-2H3,(H,9,10,11). The Morgan fingerprint density at radius 1 is 1.42 bits per heavy atom. The van der Waals surface area contributed by atoms with Crippen LogP contribution in [0.4, 0.5) is 5.82 Å². The van der Waals surface area contributed by atoms with E-state index in [-0.39, 0.29) is 0 Å². The highest BCUT2D eigenvalue weighted by atomic mass is 32.1. The fourth-order valence-corrected chi connectivity index (χ4v) is 2.11. The Kier molecular flexibility index (Phi) is 1.69. The molecule has 0 saturated carbocycles. The molecule has 3 nitrogen and oxygen atoms in total. The van der Waals surface area contributed by atoms with E-state index in [1.807, 2.05) is 7.05 Å². The van der Waals surface area contributed by atoms with Crippen molar-refractivity contribution < 1.29 is 0 Å². The number of anilines is 1. The molecule has 1 N–H and O–H groups in total. The molecule has 0 unspecified atom stereocenters. The number of fused-ring (bicyclic) bond motifs is 1. The van der Waals surface area contributed by atoms with E-state index in [0.717, 1.165) is 16.0 Å². The second kappa shape index (κ2) is 2.71. The van der Waals surface area contributed by atoms with Gasteiger partial charge in [0.15, 0.2) is 0 Å². The number of rotatable bonds is 1. The quantitative estimate of drug-likeness (QED) is 0.728. The Morgan fingerprint density at radius 2 is 2.25 bits per heavy atom. The Labute approximate surface area is 74.5 Å². The topological polar surface area (TPSA) is 37.8 Å². The van der Waals surface area contributed by atoms with Crippen LogP contribution in [0.1, 0.15) is 4.88 Å². The largest absolute Gasteiger partial charge is 0.372 e. The SMILES string of the molecule is CNc1ncnc2cc(C)sc12. The molecule has 0 amide bonds. The molecule has 0 bridgehead atoms. The molecule has 2 aromatic heterocycles. The highest BCUT2D eigenvalue weighted by molar-refractivity contribution is 7.19. The van der Waals surface area contributed by atoms with Gasteiger partial charge in [0.2, 0.25) is 0 Å². The normalized spacial score (nSPS) is 10.5. The molecule has 62 valence electrons. The third-order valence-electron chi connectivity index (χ3n) is 1.67. The molecule has 0 radical (unpaired) electrons. The van der Waals surface area contributed by atoms with Gasteiger partial charge in [-0.2, -0.15) is 0 Å². The van der Waals surface area contributed by atoms with Crippen molar-refractivity contribution in [3.05, 3.63) is 17.3 Å². The predicted molar refractivity (Wildman–Crippen MR) is 51.7 cm³/mol. The minimum Gasteiger partial charge on any atom is -0.372 e. The molecule has 0 aliphatic heterocycles. The van der Waals surface area contributed by atoms with Gasteiger partial charge in [-0.05, 0) is 13.0 Å². The number of nitrogens with zero attached hydrogens (tertiary/aromatic N) is 2. The maximum atomic E-state index is 4.17. The first-order valence-electron chi connectivity index (χ1n) is 3.70. The van der Waals surface area contributed by atoms with Crippen molar-refractivity contribution in [2.24, 2.45) is 0 Å². The third kappa shape index (κ3) is 1.04. The lowest BCUT2D eigenvalue weighted by atomic mass is 10.4. The average Bonchev–Trinajstić information content (AvgIpc) is 2.44. The van der Waals surface area contributed by atoms with Crippen molar-refractivity contribution in [1.29, 1.82) is 0 Å². The molecule has 2 aromatic rings. The molecular weight excluding hydrogens is 170 g/mol. The second-order valence-electron chi connectivity index (χ2n) is 2.54. The van der Waals surface area contributed by atoms with Crippen LogP contribution in [0.2, 0.25) is 0 Å².